The Labute approximate surface area is 125 Å². The van der Waals surface area contributed by atoms with E-state index in [2.05, 4.69) is 22.2 Å². The lowest BCUT2D eigenvalue weighted by Crippen LogP contribution is -2.38. The summed E-state index contributed by atoms with van der Waals surface area (Å²) in [5.74, 6) is 0.508. The largest absolute Gasteiger partial charge is 0.388 e. The summed E-state index contributed by atoms with van der Waals surface area (Å²) in [6, 6.07) is 3.48. The maximum Gasteiger partial charge on any atom is 0.253 e. The van der Waals surface area contributed by atoms with E-state index >= 15 is 0 Å². The van der Waals surface area contributed by atoms with Gasteiger partial charge >= 0.3 is 0 Å². The lowest BCUT2D eigenvalue weighted by molar-refractivity contribution is 0.0166. The Bertz CT molecular complexity index is 479. The van der Waals surface area contributed by atoms with E-state index in [1.54, 1.807) is 18.2 Å². The molecule has 114 valence electrons. The molecule has 0 aromatic carbocycles. The van der Waals surface area contributed by atoms with E-state index in [1.165, 1.54) is 12.6 Å². The zero-order chi connectivity index (χ0) is 15.1. The molecule has 0 atom stereocenters. The second kappa shape index (κ2) is 7.22. The minimum absolute atomic E-state index is 0.167. The van der Waals surface area contributed by atoms with Crippen molar-refractivity contribution >= 4 is 11.7 Å². The van der Waals surface area contributed by atoms with Gasteiger partial charge in [0.1, 0.15) is 5.82 Å². The van der Waals surface area contributed by atoms with Crippen molar-refractivity contribution in [3.63, 3.8) is 0 Å². The second-order valence-electron chi connectivity index (χ2n) is 5.57. The molecule has 1 aromatic heterocycles. The van der Waals surface area contributed by atoms with Gasteiger partial charge in [0, 0.05) is 19.3 Å². The first-order valence-electron chi connectivity index (χ1n) is 7.44. The van der Waals surface area contributed by atoms with E-state index in [0.29, 0.717) is 24.5 Å². The van der Waals surface area contributed by atoms with Gasteiger partial charge in [0.25, 0.3) is 5.91 Å². The predicted molar refractivity (Wildman–Crippen MR) is 83.3 cm³/mol. The van der Waals surface area contributed by atoms with Gasteiger partial charge in [-0.25, -0.2) is 4.98 Å². The Balaban J connectivity index is 1.87. The first-order valence-corrected chi connectivity index (χ1v) is 7.44. The summed E-state index contributed by atoms with van der Waals surface area (Å²) in [4.78, 5) is 15.9. The van der Waals surface area contributed by atoms with Crippen molar-refractivity contribution < 1.29 is 9.90 Å². The molecular weight excluding hydrogens is 266 g/mol. The smallest absolute Gasteiger partial charge is 0.253 e. The van der Waals surface area contributed by atoms with Crippen LogP contribution in [-0.2, 0) is 0 Å². The molecule has 0 spiro atoms. The molecule has 5 heteroatoms. The topological polar surface area (TPSA) is 74.2 Å². The van der Waals surface area contributed by atoms with E-state index in [4.69, 9.17) is 0 Å². The average Bonchev–Trinajstić information content (AvgIpc) is 2.52. The van der Waals surface area contributed by atoms with Gasteiger partial charge in [-0.2, -0.15) is 0 Å². The molecular formula is C16H23N3O2. The highest BCUT2D eigenvalue weighted by atomic mass is 16.3. The molecule has 3 N–H and O–H groups in total. The van der Waals surface area contributed by atoms with E-state index in [1.807, 2.05) is 0 Å². The molecule has 0 unspecified atom stereocenters. The van der Waals surface area contributed by atoms with Crippen molar-refractivity contribution in [2.75, 3.05) is 18.4 Å². The summed E-state index contributed by atoms with van der Waals surface area (Å²) < 4.78 is 0. The number of rotatable bonds is 6. The van der Waals surface area contributed by atoms with Gasteiger partial charge in [-0.15, -0.1) is 6.58 Å². The van der Waals surface area contributed by atoms with Crippen molar-refractivity contribution in [1.29, 1.82) is 0 Å². The standard InChI is InChI=1S/C16H23N3O2/c1-2-10-17-15(20)13-6-7-14(18-11-13)19-12-16(21)8-4-3-5-9-16/h2,6-7,11,21H,1,3-5,8-10,12H2,(H,17,20)(H,18,19). The number of nitrogens with zero attached hydrogens (tertiary/aromatic N) is 1. The number of hydrogen-bond donors (Lipinski definition) is 3. The maximum atomic E-state index is 11.7. The Morgan fingerprint density at radius 2 is 2.14 bits per heavy atom. The van der Waals surface area contributed by atoms with Gasteiger partial charge in [0.15, 0.2) is 0 Å². The van der Waals surface area contributed by atoms with Crippen LogP contribution in [0.5, 0.6) is 0 Å². The number of aliphatic hydroxyl groups is 1. The van der Waals surface area contributed by atoms with Crippen LogP contribution in [0.1, 0.15) is 42.5 Å². The first kappa shape index (κ1) is 15.5. The third-order valence-corrected chi connectivity index (χ3v) is 3.82. The monoisotopic (exact) mass is 289 g/mol. The van der Waals surface area contributed by atoms with Gasteiger partial charge in [-0.3, -0.25) is 4.79 Å². The quantitative estimate of drug-likeness (QED) is 0.701. The minimum Gasteiger partial charge on any atom is -0.388 e. The van der Waals surface area contributed by atoms with E-state index in [9.17, 15) is 9.90 Å². The number of nitrogens with one attached hydrogen (secondary N) is 2. The fraction of sp³-hybridized carbons (Fsp3) is 0.500. The summed E-state index contributed by atoms with van der Waals surface area (Å²) in [5, 5.41) is 16.3. The molecule has 0 radical (unpaired) electrons. The first-order chi connectivity index (χ1) is 10.1. The second-order valence-corrected chi connectivity index (χ2v) is 5.57. The summed E-state index contributed by atoms with van der Waals surface area (Å²) in [6.45, 7) is 4.49. The SMILES string of the molecule is C=CCNC(=O)c1ccc(NCC2(O)CCCCC2)nc1. The van der Waals surface area contributed by atoms with Crippen LogP contribution < -0.4 is 10.6 Å². The minimum atomic E-state index is -0.625. The number of pyridine rings is 1. The molecule has 1 aliphatic carbocycles. The average molecular weight is 289 g/mol. The molecule has 1 heterocycles. The number of hydrogen-bond acceptors (Lipinski definition) is 4. The van der Waals surface area contributed by atoms with Crippen molar-refractivity contribution in [1.82, 2.24) is 10.3 Å². The molecule has 0 saturated heterocycles. The molecule has 1 fully saturated rings. The van der Waals surface area contributed by atoms with Gasteiger partial charge in [-0.1, -0.05) is 25.3 Å². The van der Waals surface area contributed by atoms with Crippen LogP contribution in [0.3, 0.4) is 0 Å². The number of carbonyl (C=O) groups is 1. The van der Waals surface area contributed by atoms with Gasteiger partial charge < -0.3 is 15.7 Å². The van der Waals surface area contributed by atoms with Crippen LogP contribution in [0, 0.1) is 0 Å². The van der Waals surface area contributed by atoms with E-state index < -0.39 is 5.60 Å². The van der Waals surface area contributed by atoms with Crippen LogP contribution in [-0.4, -0.2) is 34.7 Å². The van der Waals surface area contributed by atoms with Crippen molar-refractivity contribution in [2.45, 2.75) is 37.7 Å². The van der Waals surface area contributed by atoms with E-state index in [0.717, 1.165) is 25.7 Å². The Morgan fingerprint density at radius 3 is 2.76 bits per heavy atom. The predicted octanol–water partition coefficient (Wildman–Crippen LogP) is 2.10. The van der Waals surface area contributed by atoms with Crippen molar-refractivity contribution in [3.05, 3.63) is 36.5 Å². The molecule has 1 saturated carbocycles. The third kappa shape index (κ3) is 4.56. The van der Waals surface area contributed by atoms with Crippen LogP contribution in [0.25, 0.3) is 0 Å². The van der Waals surface area contributed by atoms with Gasteiger partial charge in [0.05, 0.1) is 11.2 Å². The summed E-state index contributed by atoms with van der Waals surface area (Å²) in [5.41, 5.74) is -0.112. The fourth-order valence-electron chi connectivity index (χ4n) is 2.54. The highest BCUT2D eigenvalue weighted by molar-refractivity contribution is 5.94. The van der Waals surface area contributed by atoms with Crippen LogP contribution >= 0.6 is 0 Å². The molecule has 1 aromatic rings. The lowest BCUT2D eigenvalue weighted by atomic mass is 9.85. The normalized spacial score (nSPS) is 17.0. The van der Waals surface area contributed by atoms with E-state index in [-0.39, 0.29) is 5.91 Å². The lowest BCUT2D eigenvalue weighted by Gasteiger charge is -2.32. The zero-order valence-electron chi connectivity index (χ0n) is 12.3. The van der Waals surface area contributed by atoms with Crippen LogP contribution in [0.15, 0.2) is 31.0 Å². The van der Waals surface area contributed by atoms with Crippen LogP contribution in [0.4, 0.5) is 5.82 Å². The van der Waals surface area contributed by atoms with Gasteiger partial charge in [-0.05, 0) is 25.0 Å². The summed E-state index contributed by atoms with van der Waals surface area (Å²) in [6.07, 6.45) is 8.19. The number of carbonyl (C=O) groups excluding carboxylic acids is 1. The maximum absolute atomic E-state index is 11.7. The zero-order valence-corrected chi connectivity index (χ0v) is 12.3. The van der Waals surface area contributed by atoms with Gasteiger partial charge in [0.2, 0.25) is 0 Å². The number of aromatic nitrogens is 1. The Kier molecular flexibility index (Phi) is 5.33. The molecule has 5 nitrogen and oxygen atoms in total. The molecule has 0 aliphatic heterocycles. The van der Waals surface area contributed by atoms with Crippen molar-refractivity contribution in [2.24, 2.45) is 0 Å². The molecule has 21 heavy (non-hydrogen) atoms. The number of amides is 1. The molecule has 2 rings (SSSR count). The summed E-state index contributed by atoms with van der Waals surface area (Å²) in [7, 11) is 0. The molecule has 1 amide bonds. The van der Waals surface area contributed by atoms with Crippen LogP contribution in [0.2, 0.25) is 0 Å². The third-order valence-electron chi connectivity index (χ3n) is 3.82. The fourth-order valence-corrected chi connectivity index (χ4v) is 2.54. The molecule has 0 bridgehead atoms. The number of anilines is 1. The Hall–Kier alpha value is -1.88. The van der Waals surface area contributed by atoms with Crippen molar-refractivity contribution in [3.8, 4) is 0 Å². The highest BCUT2D eigenvalue weighted by Gasteiger charge is 2.28. The highest BCUT2D eigenvalue weighted by Crippen LogP contribution is 2.28. The Morgan fingerprint density at radius 1 is 1.38 bits per heavy atom. The molecule has 1 aliphatic rings. The summed E-state index contributed by atoms with van der Waals surface area (Å²) >= 11 is 0.